The van der Waals surface area contributed by atoms with Crippen molar-refractivity contribution in [1.82, 2.24) is 0 Å². The normalized spacial score (nSPS) is 13.5. The van der Waals surface area contributed by atoms with Gasteiger partial charge in [-0.05, 0) is 19.1 Å². The Bertz CT molecular complexity index is 385. The van der Waals surface area contributed by atoms with Crippen LogP contribution in [0.25, 0.3) is 0 Å². The molecule has 0 saturated heterocycles. The van der Waals surface area contributed by atoms with E-state index >= 15 is 0 Å². The first-order chi connectivity index (χ1) is 6.97. The third kappa shape index (κ3) is 5.39. The van der Waals surface area contributed by atoms with Crippen molar-refractivity contribution in [3.8, 4) is 5.75 Å². The summed E-state index contributed by atoms with van der Waals surface area (Å²) in [5.74, 6) is 0.696. The van der Waals surface area contributed by atoms with Gasteiger partial charge in [-0.25, -0.2) is 0 Å². The van der Waals surface area contributed by atoms with Crippen LogP contribution in [0.5, 0.6) is 5.75 Å². The van der Waals surface area contributed by atoms with E-state index in [2.05, 4.69) is 0 Å². The lowest BCUT2D eigenvalue weighted by Gasteiger charge is -2.12. The molecule has 0 unspecified atom stereocenters. The molecule has 0 amide bonds. The molecule has 1 aromatic carbocycles. The fraction of sp³-hybridized carbons (Fsp3) is 0.400. The molecular weight excluding hydrogens is 216 g/mol. The van der Waals surface area contributed by atoms with Crippen molar-refractivity contribution in [2.75, 3.05) is 12.9 Å². The van der Waals surface area contributed by atoms with Crippen LogP contribution >= 0.6 is 0 Å². The number of rotatable bonds is 5. The maximum Gasteiger partial charge on any atom is 0.264 e. The molecule has 4 nitrogen and oxygen atoms in total. The van der Waals surface area contributed by atoms with Crippen LogP contribution in [0.4, 0.5) is 0 Å². The van der Waals surface area contributed by atoms with Crippen LogP contribution in [0.15, 0.2) is 30.3 Å². The van der Waals surface area contributed by atoms with Gasteiger partial charge in [0.05, 0.1) is 6.26 Å². The predicted octanol–water partition coefficient (Wildman–Crippen LogP) is 1.43. The van der Waals surface area contributed by atoms with E-state index in [0.29, 0.717) is 5.75 Å². The third-order valence-corrected chi connectivity index (χ3v) is 2.25. The van der Waals surface area contributed by atoms with Gasteiger partial charge in [0, 0.05) is 0 Å². The van der Waals surface area contributed by atoms with Crippen molar-refractivity contribution in [1.29, 1.82) is 0 Å². The molecule has 0 bridgehead atoms. The lowest BCUT2D eigenvalue weighted by Crippen LogP contribution is -2.21. The highest BCUT2D eigenvalue weighted by atomic mass is 32.2. The van der Waals surface area contributed by atoms with Crippen LogP contribution in [-0.2, 0) is 14.3 Å². The van der Waals surface area contributed by atoms with Crippen molar-refractivity contribution in [3.05, 3.63) is 30.3 Å². The molecule has 0 aliphatic carbocycles. The Morgan fingerprint density at radius 2 is 1.87 bits per heavy atom. The minimum Gasteiger partial charge on any atom is -0.491 e. The quantitative estimate of drug-likeness (QED) is 0.718. The smallest absolute Gasteiger partial charge is 0.264 e. The summed E-state index contributed by atoms with van der Waals surface area (Å²) in [6.45, 7) is 1.85. The van der Waals surface area contributed by atoms with Gasteiger partial charge in [-0.2, -0.15) is 8.42 Å². The van der Waals surface area contributed by atoms with Gasteiger partial charge in [0.2, 0.25) is 0 Å². The summed E-state index contributed by atoms with van der Waals surface area (Å²) < 4.78 is 31.6. The second-order valence-electron chi connectivity index (χ2n) is 3.24. The molecule has 1 aromatic rings. The van der Waals surface area contributed by atoms with E-state index in [-0.39, 0.29) is 6.61 Å². The predicted molar refractivity (Wildman–Crippen MR) is 57.3 cm³/mol. The fourth-order valence-corrected chi connectivity index (χ4v) is 1.71. The van der Waals surface area contributed by atoms with Crippen molar-refractivity contribution >= 4 is 10.1 Å². The van der Waals surface area contributed by atoms with E-state index in [9.17, 15) is 8.42 Å². The summed E-state index contributed by atoms with van der Waals surface area (Å²) >= 11 is 0. The molecule has 0 aliphatic heterocycles. The van der Waals surface area contributed by atoms with Gasteiger partial charge in [0.15, 0.2) is 0 Å². The number of hydrogen-bond donors (Lipinski definition) is 0. The van der Waals surface area contributed by atoms with Crippen LogP contribution in [-0.4, -0.2) is 27.4 Å². The molecule has 0 N–H and O–H groups in total. The molecule has 0 radical (unpaired) electrons. The summed E-state index contributed by atoms with van der Waals surface area (Å²) in [6.07, 6.45) is 0.534. The summed E-state index contributed by atoms with van der Waals surface area (Å²) in [5, 5.41) is 0. The van der Waals surface area contributed by atoms with Crippen LogP contribution in [0, 0.1) is 0 Å². The highest BCUT2D eigenvalue weighted by Crippen LogP contribution is 2.09. The lowest BCUT2D eigenvalue weighted by atomic mass is 10.3. The number of hydrogen-bond acceptors (Lipinski definition) is 4. The summed E-state index contributed by atoms with van der Waals surface area (Å²) in [4.78, 5) is 0. The van der Waals surface area contributed by atoms with Gasteiger partial charge in [-0.1, -0.05) is 18.2 Å². The average Bonchev–Trinajstić information content (AvgIpc) is 2.14. The van der Waals surface area contributed by atoms with E-state index in [1.165, 1.54) is 0 Å². The highest BCUT2D eigenvalue weighted by molar-refractivity contribution is 7.86. The van der Waals surface area contributed by atoms with Crippen LogP contribution < -0.4 is 4.74 Å². The number of benzene rings is 1. The van der Waals surface area contributed by atoms with Crippen molar-refractivity contribution in [2.45, 2.75) is 13.0 Å². The zero-order valence-corrected chi connectivity index (χ0v) is 9.53. The maximum absolute atomic E-state index is 10.8. The van der Waals surface area contributed by atoms with E-state index in [4.69, 9.17) is 8.92 Å². The summed E-state index contributed by atoms with van der Waals surface area (Å²) in [7, 11) is -3.41. The largest absolute Gasteiger partial charge is 0.491 e. The van der Waals surface area contributed by atoms with Gasteiger partial charge < -0.3 is 4.74 Å². The summed E-state index contributed by atoms with van der Waals surface area (Å²) in [6, 6.07) is 9.17. The Hall–Kier alpha value is -1.07. The lowest BCUT2D eigenvalue weighted by molar-refractivity contribution is 0.150. The molecule has 84 valence electrons. The van der Waals surface area contributed by atoms with Gasteiger partial charge in [-0.15, -0.1) is 0 Å². The first-order valence-electron chi connectivity index (χ1n) is 4.53. The number of para-hydroxylation sites is 1. The Morgan fingerprint density at radius 1 is 1.27 bits per heavy atom. The average molecular weight is 230 g/mol. The Kier molecular flexibility index (Phi) is 4.11. The molecule has 0 spiro atoms. The zero-order valence-electron chi connectivity index (χ0n) is 8.71. The monoisotopic (exact) mass is 230 g/mol. The molecule has 5 heteroatoms. The van der Waals surface area contributed by atoms with Crippen LogP contribution in [0.3, 0.4) is 0 Å². The van der Waals surface area contributed by atoms with E-state index in [1.807, 2.05) is 18.2 Å². The Balaban J connectivity index is 2.38. The molecule has 1 rings (SSSR count). The minimum absolute atomic E-state index is 0.205. The molecule has 0 aliphatic rings. The van der Waals surface area contributed by atoms with Crippen molar-refractivity contribution < 1.29 is 17.3 Å². The highest BCUT2D eigenvalue weighted by Gasteiger charge is 2.10. The molecule has 0 aromatic heterocycles. The molecule has 0 saturated carbocycles. The van der Waals surface area contributed by atoms with Gasteiger partial charge in [0.1, 0.15) is 18.5 Å². The standard InChI is InChI=1S/C10H14O4S/c1-9(14-15(2,11)12)8-13-10-6-4-3-5-7-10/h3-7,9H,8H2,1-2H3/t9-/m1/s1. The second kappa shape index (κ2) is 5.14. The first kappa shape index (κ1) is 12.0. The van der Waals surface area contributed by atoms with Crippen LogP contribution in [0.2, 0.25) is 0 Å². The molecule has 15 heavy (non-hydrogen) atoms. The van der Waals surface area contributed by atoms with Crippen molar-refractivity contribution in [3.63, 3.8) is 0 Å². The summed E-state index contributed by atoms with van der Waals surface area (Å²) in [5.41, 5.74) is 0. The molecule has 0 heterocycles. The topological polar surface area (TPSA) is 52.6 Å². The first-order valence-corrected chi connectivity index (χ1v) is 6.35. The SMILES string of the molecule is C[C@H](COc1ccccc1)OS(C)(=O)=O. The minimum atomic E-state index is -3.41. The van der Waals surface area contributed by atoms with Crippen molar-refractivity contribution in [2.24, 2.45) is 0 Å². The van der Waals surface area contributed by atoms with Gasteiger partial charge >= 0.3 is 0 Å². The second-order valence-corrected chi connectivity index (χ2v) is 4.84. The number of ether oxygens (including phenoxy) is 1. The van der Waals surface area contributed by atoms with Gasteiger partial charge in [-0.3, -0.25) is 4.18 Å². The Morgan fingerprint density at radius 3 is 2.40 bits per heavy atom. The van der Waals surface area contributed by atoms with Gasteiger partial charge in [0.25, 0.3) is 10.1 Å². The molecular formula is C10H14O4S. The van der Waals surface area contributed by atoms with Crippen LogP contribution in [0.1, 0.15) is 6.92 Å². The third-order valence-electron chi connectivity index (χ3n) is 1.57. The molecule has 1 atom stereocenters. The van der Waals surface area contributed by atoms with E-state index in [1.54, 1.807) is 19.1 Å². The molecule has 0 fully saturated rings. The Labute approximate surface area is 90.0 Å². The zero-order chi connectivity index (χ0) is 11.3. The maximum atomic E-state index is 10.8. The van der Waals surface area contributed by atoms with E-state index in [0.717, 1.165) is 6.26 Å². The fourth-order valence-electron chi connectivity index (χ4n) is 1.06. The van der Waals surface area contributed by atoms with E-state index < -0.39 is 16.2 Å².